The maximum Gasteiger partial charge on any atom is 0.105 e. The molecule has 2 N–H and O–H groups in total. The average Bonchev–Trinajstić information content (AvgIpc) is 2.26. The second-order valence-electron chi connectivity index (χ2n) is 3.05. The SMILES string of the molecule is C1=Cc2nc3c(nc2=CN1)C=CNC=3. The molecule has 0 saturated carbocycles. The van der Waals surface area contributed by atoms with Crippen LogP contribution >= 0.6 is 0 Å². The molecule has 0 unspecified atom stereocenters. The first-order valence-corrected chi connectivity index (χ1v) is 4.37. The van der Waals surface area contributed by atoms with Crippen LogP contribution < -0.4 is 21.3 Å². The summed E-state index contributed by atoms with van der Waals surface area (Å²) in [4.78, 5) is 8.93. The quantitative estimate of drug-likeness (QED) is 0.548. The minimum Gasteiger partial charge on any atom is -0.366 e. The number of rotatable bonds is 0. The first-order valence-electron chi connectivity index (χ1n) is 4.37. The summed E-state index contributed by atoms with van der Waals surface area (Å²) in [7, 11) is 0. The summed E-state index contributed by atoms with van der Waals surface area (Å²) in [6.07, 6.45) is 11.2. The van der Waals surface area contributed by atoms with E-state index >= 15 is 0 Å². The number of aromatic nitrogens is 2. The zero-order chi connectivity index (χ0) is 9.38. The van der Waals surface area contributed by atoms with Gasteiger partial charge in [0.2, 0.25) is 0 Å². The first kappa shape index (κ1) is 7.32. The molecular weight excluding hydrogens is 176 g/mol. The van der Waals surface area contributed by atoms with E-state index in [9.17, 15) is 0 Å². The van der Waals surface area contributed by atoms with Crippen LogP contribution in [0.25, 0.3) is 24.6 Å². The Bertz CT molecular complexity index is 502. The molecule has 3 rings (SSSR count). The van der Waals surface area contributed by atoms with Gasteiger partial charge >= 0.3 is 0 Å². The minimum absolute atomic E-state index is 0.881. The Hall–Kier alpha value is -2.10. The smallest absolute Gasteiger partial charge is 0.105 e. The van der Waals surface area contributed by atoms with Crippen molar-refractivity contribution < 1.29 is 0 Å². The van der Waals surface area contributed by atoms with Crippen molar-refractivity contribution in [2.45, 2.75) is 0 Å². The van der Waals surface area contributed by atoms with Crippen LogP contribution in [0.5, 0.6) is 0 Å². The molecular formula is C10H8N4. The van der Waals surface area contributed by atoms with Crippen molar-refractivity contribution >= 4 is 24.6 Å². The van der Waals surface area contributed by atoms with E-state index in [0.717, 1.165) is 22.1 Å². The number of hydrogen-bond donors (Lipinski definition) is 2. The molecule has 0 radical (unpaired) electrons. The molecule has 0 aliphatic carbocycles. The maximum absolute atomic E-state index is 4.46. The van der Waals surface area contributed by atoms with Crippen LogP contribution in [0.2, 0.25) is 0 Å². The molecule has 0 bridgehead atoms. The maximum atomic E-state index is 4.46. The van der Waals surface area contributed by atoms with Crippen molar-refractivity contribution in [2.24, 2.45) is 0 Å². The van der Waals surface area contributed by atoms with Gasteiger partial charge in [-0.1, -0.05) is 0 Å². The number of nitrogens with one attached hydrogen (secondary N) is 2. The van der Waals surface area contributed by atoms with E-state index in [2.05, 4.69) is 20.6 Å². The Morgan fingerprint density at radius 2 is 1.29 bits per heavy atom. The zero-order valence-corrected chi connectivity index (χ0v) is 7.36. The molecule has 4 nitrogen and oxygen atoms in total. The molecule has 4 heteroatoms. The van der Waals surface area contributed by atoms with Gasteiger partial charge in [-0.2, -0.15) is 0 Å². The van der Waals surface area contributed by atoms with Gasteiger partial charge in [-0.15, -0.1) is 0 Å². The third kappa shape index (κ3) is 1.01. The van der Waals surface area contributed by atoms with Gasteiger partial charge in [0.25, 0.3) is 0 Å². The number of fused-ring (bicyclic) bond motifs is 2. The van der Waals surface area contributed by atoms with Crippen molar-refractivity contribution in [1.82, 2.24) is 20.6 Å². The van der Waals surface area contributed by atoms with Crippen molar-refractivity contribution in [3.8, 4) is 0 Å². The van der Waals surface area contributed by atoms with Crippen LogP contribution in [0.4, 0.5) is 0 Å². The lowest BCUT2D eigenvalue weighted by Gasteiger charge is -2.06. The third-order valence-corrected chi connectivity index (χ3v) is 2.12. The lowest BCUT2D eigenvalue weighted by atomic mass is 10.3. The first-order chi connectivity index (χ1) is 6.93. The van der Waals surface area contributed by atoms with Crippen molar-refractivity contribution in [2.75, 3.05) is 0 Å². The highest BCUT2D eigenvalue weighted by atomic mass is 14.9. The topological polar surface area (TPSA) is 49.8 Å². The molecule has 14 heavy (non-hydrogen) atoms. The Morgan fingerprint density at radius 3 is 1.79 bits per heavy atom. The second-order valence-corrected chi connectivity index (χ2v) is 3.05. The van der Waals surface area contributed by atoms with Crippen molar-refractivity contribution in [3.63, 3.8) is 0 Å². The summed E-state index contributed by atoms with van der Waals surface area (Å²) in [5, 5.41) is 7.74. The molecule has 3 heterocycles. The molecule has 0 saturated heterocycles. The fourth-order valence-electron chi connectivity index (χ4n) is 1.45. The molecule has 0 fully saturated rings. The summed E-state index contributed by atoms with van der Waals surface area (Å²) in [6, 6.07) is 0. The predicted octanol–water partition coefficient (Wildman–Crippen LogP) is -0.900. The van der Waals surface area contributed by atoms with E-state index in [-0.39, 0.29) is 0 Å². The molecule has 2 aliphatic rings. The van der Waals surface area contributed by atoms with Crippen LogP contribution in [0.3, 0.4) is 0 Å². The molecule has 68 valence electrons. The van der Waals surface area contributed by atoms with Crippen LogP contribution in [0.1, 0.15) is 11.4 Å². The summed E-state index contributed by atoms with van der Waals surface area (Å²) in [5.41, 5.74) is 1.80. The molecule has 0 spiro atoms. The Kier molecular flexibility index (Phi) is 1.41. The van der Waals surface area contributed by atoms with E-state index < -0.39 is 0 Å². The fraction of sp³-hybridized carbons (Fsp3) is 0. The number of nitrogens with zero attached hydrogens (tertiary/aromatic N) is 2. The van der Waals surface area contributed by atoms with Gasteiger partial charge in [-0.05, 0) is 12.2 Å². The molecule has 0 aromatic carbocycles. The average molecular weight is 184 g/mol. The van der Waals surface area contributed by atoms with Gasteiger partial charge in [-0.25, -0.2) is 9.97 Å². The molecule has 0 atom stereocenters. The van der Waals surface area contributed by atoms with Crippen LogP contribution in [0.15, 0.2) is 12.4 Å². The normalized spacial score (nSPS) is 15.4. The predicted molar refractivity (Wildman–Crippen MR) is 54.6 cm³/mol. The zero-order valence-electron chi connectivity index (χ0n) is 7.36. The van der Waals surface area contributed by atoms with Crippen molar-refractivity contribution in [3.05, 3.63) is 34.5 Å². The van der Waals surface area contributed by atoms with Crippen LogP contribution in [-0.4, -0.2) is 9.97 Å². The minimum atomic E-state index is 0.881. The molecule has 1 aromatic rings. The van der Waals surface area contributed by atoms with Gasteiger partial charge < -0.3 is 10.6 Å². The summed E-state index contributed by atoms with van der Waals surface area (Å²) >= 11 is 0. The van der Waals surface area contributed by atoms with E-state index in [0.29, 0.717) is 0 Å². The highest BCUT2D eigenvalue weighted by Crippen LogP contribution is 1.94. The van der Waals surface area contributed by atoms with Crippen LogP contribution in [-0.2, 0) is 0 Å². The van der Waals surface area contributed by atoms with E-state index in [1.54, 1.807) is 0 Å². The standard InChI is InChI=1S/C10H8N4/c1-3-11-5-9-7(1)13-10-6-12-4-2-8(10)14-9/h1-6,11-12H. The van der Waals surface area contributed by atoms with E-state index in [4.69, 9.17) is 0 Å². The highest BCUT2D eigenvalue weighted by Gasteiger charge is 2.03. The van der Waals surface area contributed by atoms with Gasteiger partial charge in [0.05, 0.1) is 11.4 Å². The van der Waals surface area contributed by atoms with Gasteiger partial charge in [0, 0.05) is 24.8 Å². The Labute approximate surface area is 80.4 Å². The van der Waals surface area contributed by atoms with Gasteiger partial charge in [0.1, 0.15) is 10.7 Å². The summed E-state index contributed by atoms with van der Waals surface area (Å²) in [5.74, 6) is 0. The Morgan fingerprint density at radius 1 is 0.786 bits per heavy atom. The lowest BCUT2D eigenvalue weighted by molar-refractivity contribution is 1.02. The van der Waals surface area contributed by atoms with Gasteiger partial charge in [0.15, 0.2) is 0 Å². The van der Waals surface area contributed by atoms with Crippen LogP contribution in [0, 0.1) is 0 Å². The third-order valence-electron chi connectivity index (χ3n) is 2.12. The summed E-state index contributed by atoms with van der Waals surface area (Å²) < 4.78 is 0. The van der Waals surface area contributed by atoms with Crippen molar-refractivity contribution in [1.29, 1.82) is 0 Å². The molecule has 2 aliphatic heterocycles. The number of hydrogen-bond acceptors (Lipinski definition) is 4. The molecule has 1 aromatic heterocycles. The second kappa shape index (κ2) is 2.70. The lowest BCUT2D eigenvalue weighted by Crippen LogP contribution is -2.31. The Balaban J connectivity index is 2.38. The van der Waals surface area contributed by atoms with Gasteiger partial charge in [-0.3, -0.25) is 0 Å². The van der Waals surface area contributed by atoms with E-state index in [1.807, 2.05) is 37.0 Å². The summed E-state index contributed by atoms with van der Waals surface area (Å²) in [6.45, 7) is 0. The fourth-order valence-corrected chi connectivity index (χ4v) is 1.45. The highest BCUT2D eigenvalue weighted by molar-refractivity contribution is 5.55. The largest absolute Gasteiger partial charge is 0.366 e. The molecule has 0 amide bonds. The van der Waals surface area contributed by atoms with E-state index in [1.165, 1.54) is 0 Å². The monoisotopic (exact) mass is 184 g/mol.